The molecule has 0 aliphatic carbocycles. The van der Waals surface area contributed by atoms with Crippen LogP contribution >= 0.6 is 0 Å². The highest BCUT2D eigenvalue weighted by atomic mass is 16.6. The Hall–Kier alpha value is -2.57. The second-order valence-corrected chi connectivity index (χ2v) is 5.33. The number of carbonyl (C=O) groups is 3. The van der Waals surface area contributed by atoms with Gasteiger partial charge in [0.25, 0.3) is 5.91 Å². The maximum Gasteiger partial charge on any atom is 0.347 e. The molecule has 2 N–H and O–H groups in total. The molecule has 0 spiro atoms. The van der Waals surface area contributed by atoms with Gasteiger partial charge in [-0.15, -0.1) is 0 Å². The van der Waals surface area contributed by atoms with E-state index in [0.717, 1.165) is 0 Å². The first-order chi connectivity index (χ1) is 10.9. The minimum absolute atomic E-state index is 0.268. The SMILES string of the molecule is CC(C)CNC(=O)NC(=O)COC(=O)[C@H](C)Oc1ccccc1. The quantitative estimate of drug-likeness (QED) is 0.742. The van der Waals surface area contributed by atoms with Crippen molar-refractivity contribution in [1.82, 2.24) is 10.6 Å². The van der Waals surface area contributed by atoms with E-state index in [0.29, 0.717) is 12.3 Å². The number of carbonyl (C=O) groups excluding carboxylic acids is 3. The third kappa shape index (κ3) is 7.85. The van der Waals surface area contributed by atoms with Crippen LogP contribution in [0.3, 0.4) is 0 Å². The van der Waals surface area contributed by atoms with E-state index in [-0.39, 0.29) is 5.92 Å². The summed E-state index contributed by atoms with van der Waals surface area (Å²) in [6, 6.07) is 8.16. The fourth-order valence-electron chi connectivity index (χ4n) is 1.51. The molecule has 0 bridgehead atoms. The highest BCUT2D eigenvalue weighted by Crippen LogP contribution is 2.11. The van der Waals surface area contributed by atoms with E-state index in [2.05, 4.69) is 10.6 Å². The van der Waals surface area contributed by atoms with Crippen LogP contribution in [-0.2, 0) is 14.3 Å². The number of hydrogen-bond acceptors (Lipinski definition) is 5. The predicted molar refractivity (Wildman–Crippen MR) is 83.9 cm³/mol. The first-order valence-electron chi connectivity index (χ1n) is 7.34. The van der Waals surface area contributed by atoms with Gasteiger partial charge in [0.15, 0.2) is 12.7 Å². The highest BCUT2D eigenvalue weighted by Gasteiger charge is 2.18. The van der Waals surface area contributed by atoms with Crippen molar-refractivity contribution in [3.63, 3.8) is 0 Å². The molecule has 126 valence electrons. The fourth-order valence-corrected chi connectivity index (χ4v) is 1.51. The molecule has 0 saturated heterocycles. The molecule has 23 heavy (non-hydrogen) atoms. The van der Waals surface area contributed by atoms with Crippen molar-refractivity contribution in [1.29, 1.82) is 0 Å². The lowest BCUT2D eigenvalue weighted by Gasteiger charge is -2.14. The second kappa shape index (κ2) is 9.45. The van der Waals surface area contributed by atoms with Crippen molar-refractivity contribution < 1.29 is 23.9 Å². The maximum atomic E-state index is 11.7. The van der Waals surface area contributed by atoms with Gasteiger partial charge in [0.05, 0.1) is 0 Å². The molecule has 0 aliphatic rings. The third-order valence-corrected chi connectivity index (χ3v) is 2.66. The summed E-state index contributed by atoms with van der Waals surface area (Å²) in [6.07, 6.45) is -0.861. The molecule has 7 nitrogen and oxygen atoms in total. The van der Waals surface area contributed by atoms with Gasteiger partial charge in [0, 0.05) is 6.54 Å². The van der Waals surface area contributed by atoms with Crippen LogP contribution in [0, 0.1) is 5.92 Å². The maximum absolute atomic E-state index is 11.7. The van der Waals surface area contributed by atoms with Crippen LogP contribution in [0.2, 0.25) is 0 Å². The summed E-state index contributed by atoms with van der Waals surface area (Å²) in [5, 5.41) is 4.59. The molecule has 1 aromatic carbocycles. The van der Waals surface area contributed by atoms with Crippen molar-refractivity contribution >= 4 is 17.9 Å². The van der Waals surface area contributed by atoms with Gasteiger partial charge in [0.1, 0.15) is 5.75 Å². The zero-order valence-corrected chi connectivity index (χ0v) is 13.5. The van der Waals surface area contributed by atoms with Gasteiger partial charge in [-0.05, 0) is 25.0 Å². The van der Waals surface area contributed by atoms with Gasteiger partial charge in [-0.25, -0.2) is 9.59 Å². The Morgan fingerprint density at radius 1 is 1.09 bits per heavy atom. The Morgan fingerprint density at radius 3 is 2.35 bits per heavy atom. The van der Waals surface area contributed by atoms with Crippen LogP contribution in [0.5, 0.6) is 5.75 Å². The van der Waals surface area contributed by atoms with Crippen molar-refractivity contribution in [2.24, 2.45) is 5.92 Å². The summed E-state index contributed by atoms with van der Waals surface area (Å²) in [5.41, 5.74) is 0. The zero-order chi connectivity index (χ0) is 17.2. The van der Waals surface area contributed by atoms with Gasteiger partial charge in [-0.3, -0.25) is 10.1 Å². The molecule has 0 aliphatic heterocycles. The molecule has 1 aromatic rings. The summed E-state index contributed by atoms with van der Waals surface area (Å²) in [6.45, 7) is 5.27. The molecule has 0 radical (unpaired) electrons. The standard InChI is InChI=1S/C16H22N2O5/c1-11(2)9-17-16(21)18-14(19)10-22-15(20)12(3)23-13-7-5-4-6-8-13/h4-8,11-12H,9-10H2,1-3H3,(H2,17,18,19,21)/t12-/m0/s1. The van der Waals surface area contributed by atoms with E-state index >= 15 is 0 Å². The summed E-state index contributed by atoms with van der Waals surface area (Å²) in [5.74, 6) is -0.600. The number of urea groups is 1. The van der Waals surface area contributed by atoms with E-state index in [1.54, 1.807) is 24.3 Å². The molecule has 0 fully saturated rings. The number of ether oxygens (including phenoxy) is 2. The van der Waals surface area contributed by atoms with Gasteiger partial charge in [-0.1, -0.05) is 32.0 Å². The fraction of sp³-hybridized carbons (Fsp3) is 0.438. The average molecular weight is 322 g/mol. The number of nitrogens with one attached hydrogen (secondary N) is 2. The molecular weight excluding hydrogens is 300 g/mol. The number of amides is 3. The molecule has 7 heteroatoms. The Bertz CT molecular complexity index is 531. The molecule has 0 heterocycles. The minimum atomic E-state index is -0.861. The Morgan fingerprint density at radius 2 is 1.74 bits per heavy atom. The van der Waals surface area contributed by atoms with Crippen molar-refractivity contribution in [2.75, 3.05) is 13.2 Å². The highest BCUT2D eigenvalue weighted by molar-refractivity contribution is 5.95. The van der Waals surface area contributed by atoms with Crippen LogP contribution in [-0.4, -0.2) is 37.2 Å². The molecule has 0 aromatic heterocycles. The lowest BCUT2D eigenvalue weighted by Crippen LogP contribution is -2.43. The third-order valence-electron chi connectivity index (χ3n) is 2.66. The molecule has 3 amide bonds. The van der Waals surface area contributed by atoms with E-state index in [1.807, 2.05) is 19.9 Å². The van der Waals surface area contributed by atoms with Crippen molar-refractivity contribution in [3.8, 4) is 5.75 Å². The van der Waals surface area contributed by atoms with Crippen LogP contribution in [0.4, 0.5) is 4.79 Å². The normalized spacial score (nSPS) is 11.5. The average Bonchev–Trinajstić information content (AvgIpc) is 2.51. The number of para-hydroxylation sites is 1. The van der Waals surface area contributed by atoms with E-state index in [1.165, 1.54) is 6.92 Å². The number of esters is 1. The van der Waals surface area contributed by atoms with E-state index < -0.39 is 30.6 Å². The summed E-state index contributed by atoms with van der Waals surface area (Å²) in [4.78, 5) is 34.6. The number of benzene rings is 1. The smallest absolute Gasteiger partial charge is 0.347 e. The Kier molecular flexibility index (Phi) is 7.59. The summed E-state index contributed by atoms with van der Waals surface area (Å²) in [7, 11) is 0. The van der Waals surface area contributed by atoms with E-state index in [9.17, 15) is 14.4 Å². The number of rotatable bonds is 7. The monoisotopic (exact) mass is 322 g/mol. The summed E-state index contributed by atoms with van der Waals surface area (Å²) >= 11 is 0. The topological polar surface area (TPSA) is 93.7 Å². The first kappa shape index (κ1) is 18.5. The van der Waals surface area contributed by atoms with Crippen LogP contribution in [0.1, 0.15) is 20.8 Å². The molecule has 1 rings (SSSR count). The van der Waals surface area contributed by atoms with Gasteiger partial charge in [-0.2, -0.15) is 0 Å². The molecule has 1 atom stereocenters. The van der Waals surface area contributed by atoms with Crippen LogP contribution < -0.4 is 15.4 Å². The molecule has 0 unspecified atom stereocenters. The summed E-state index contributed by atoms with van der Waals surface area (Å²) < 4.78 is 10.2. The van der Waals surface area contributed by atoms with Gasteiger partial charge < -0.3 is 14.8 Å². The van der Waals surface area contributed by atoms with Gasteiger partial charge >= 0.3 is 12.0 Å². The van der Waals surface area contributed by atoms with Crippen LogP contribution in [0.15, 0.2) is 30.3 Å². The molecular formula is C16H22N2O5. The van der Waals surface area contributed by atoms with Crippen molar-refractivity contribution in [2.45, 2.75) is 26.9 Å². The Labute approximate surface area is 135 Å². The van der Waals surface area contributed by atoms with E-state index in [4.69, 9.17) is 9.47 Å². The number of imide groups is 1. The predicted octanol–water partition coefficient (Wildman–Crippen LogP) is 1.48. The lowest BCUT2D eigenvalue weighted by molar-refractivity contribution is -0.154. The zero-order valence-electron chi connectivity index (χ0n) is 13.5. The molecule has 0 saturated carbocycles. The van der Waals surface area contributed by atoms with Crippen molar-refractivity contribution in [3.05, 3.63) is 30.3 Å². The largest absolute Gasteiger partial charge is 0.479 e. The number of hydrogen-bond donors (Lipinski definition) is 2. The Balaban J connectivity index is 2.29. The van der Waals surface area contributed by atoms with Crippen LogP contribution in [0.25, 0.3) is 0 Å². The second-order valence-electron chi connectivity index (χ2n) is 5.33. The first-order valence-corrected chi connectivity index (χ1v) is 7.34. The minimum Gasteiger partial charge on any atom is -0.479 e. The lowest BCUT2D eigenvalue weighted by atomic mass is 10.2. The van der Waals surface area contributed by atoms with Gasteiger partial charge in [0.2, 0.25) is 0 Å².